The molecule has 0 amide bonds. The van der Waals surface area contributed by atoms with Crippen molar-refractivity contribution in [3.63, 3.8) is 0 Å². The van der Waals surface area contributed by atoms with Crippen molar-refractivity contribution in [1.82, 2.24) is 24.8 Å². The van der Waals surface area contributed by atoms with E-state index in [1.165, 1.54) is 11.7 Å². The van der Waals surface area contributed by atoms with Gasteiger partial charge >= 0.3 is 0 Å². The molecule has 0 atom stereocenters. The minimum atomic E-state index is -0.266. The number of benzene rings is 1. The quantitative estimate of drug-likeness (QED) is 0.546. The van der Waals surface area contributed by atoms with E-state index in [0.29, 0.717) is 45.5 Å². The van der Waals surface area contributed by atoms with Crippen LogP contribution >= 0.6 is 0 Å². The number of hydrogen-bond donors (Lipinski definition) is 2. The fraction of sp³-hybridized carbons (Fsp3) is 0.105. The Morgan fingerprint density at radius 3 is 2.89 bits per heavy atom. The molecule has 4 rings (SSSR count). The van der Waals surface area contributed by atoms with Crippen molar-refractivity contribution in [2.45, 2.75) is 6.61 Å². The van der Waals surface area contributed by atoms with Gasteiger partial charge in [0.25, 0.3) is 0 Å². The average molecular weight is 373 g/mol. The number of fused-ring (bicyclic) bond motifs is 1. The maximum atomic E-state index is 9.74. The molecule has 0 aliphatic rings. The fourth-order valence-corrected chi connectivity index (χ4v) is 2.82. The fourth-order valence-electron chi connectivity index (χ4n) is 2.82. The van der Waals surface area contributed by atoms with Crippen molar-refractivity contribution < 1.29 is 9.84 Å². The van der Waals surface area contributed by atoms with E-state index in [-0.39, 0.29) is 6.61 Å². The van der Waals surface area contributed by atoms with Crippen molar-refractivity contribution in [1.29, 1.82) is 5.26 Å². The van der Waals surface area contributed by atoms with Crippen molar-refractivity contribution in [2.24, 2.45) is 0 Å². The predicted molar refractivity (Wildman–Crippen MR) is 101 cm³/mol. The Bertz CT molecular complexity index is 1200. The highest BCUT2D eigenvalue weighted by molar-refractivity contribution is 5.80. The van der Waals surface area contributed by atoms with Gasteiger partial charge in [-0.15, -0.1) is 9.73 Å². The Kier molecular flexibility index (Phi) is 4.53. The van der Waals surface area contributed by atoms with Gasteiger partial charge < -0.3 is 15.2 Å². The summed E-state index contributed by atoms with van der Waals surface area (Å²) in [6.45, 7) is -0.266. The van der Waals surface area contributed by atoms with E-state index in [4.69, 9.17) is 10.00 Å². The van der Waals surface area contributed by atoms with Crippen LogP contribution in [0.3, 0.4) is 0 Å². The van der Waals surface area contributed by atoms with Gasteiger partial charge in [0, 0.05) is 18.0 Å². The number of nitrogens with one attached hydrogen (secondary N) is 1. The number of aliphatic hydroxyl groups excluding tert-OH is 1. The number of anilines is 2. The highest BCUT2D eigenvalue weighted by Crippen LogP contribution is 2.28. The van der Waals surface area contributed by atoms with Crippen LogP contribution in [0, 0.1) is 11.3 Å². The van der Waals surface area contributed by atoms with Gasteiger partial charge in [0.1, 0.15) is 5.69 Å². The van der Waals surface area contributed by atoms with Gasteiger partial charge in [0.05, 0.1) is 42.1 Å². The number of aromatic nitrogens is 5. The summed E-state index contributed by atoms with van der Waals surface area (Å²) in [4.78, 5) is 8.77. The first-order chi connectivity index (χ1) is 13.7. The Labute approximate surface area is 159 Å². The third-order valence-electron chi connectivity index (χ3n) is 4.07. The Hall–Kier alpha value is -4.03. The second kappa shape index (κ2) is 7.30. The van der Waals surface area contributed by atoms with Crippen molar-refractivity contribution in [2.75, 3.05) is 12.4 Å². The lowest BCUT2D eigenvalue weighted by molar-refractivity contribution is 0.276. The zero-order valence-corrected chi connectivity index (χ0v) is 14.9. The van der Waals surface area contributed by atoms with Gasteiger partial charge in [-0.3, -0.25) is 0 Å². The Morgan fingerprint density at radius 2 is 2.11 bits per heavy atom. The summed E-state index contributed by atoms with van der Waals surface area (Å²) in [5.74, 6) is 0.769. The van der Waals surface area contributed by atoms with Gasteiger partial charge in [-0.2, -0.15) is 10.4 Å². The van der Waals surface area contributed by atoms with Crippen LogP contribution in [0.15, 0.2) is 48.7 Å². The second-order valence-corrected chi connectivity index (χ2v) is 5.81. The lowest BCUT2D eigenvalue weighted by Crippen LogP contribution is -1.99. The molecule has 28 heavy (non-hydrogen) atoms. The van der Waals surface area contributed by atoms with Gasteiger partial charge in [0.2, 0.25) is 11.8 Å². The maximum Gasteiger partial charge on any atom is 0.233 e. The third kappa shape index (κ3) is 3.20. The van der Waals surface area contributed by atoms with Crippen LogP contribution in [0.2, 0.25) is 0 Å². The molecule has 138 valence electrons. The van der Waals surface area contributed by atoms with E-state index in [2.05, 4.69) is 31.6 Å². The molecule has 9 heteroatoms. The topological polar surface area (TPSA) is 121 Å². The molecule has 9 nitrogen and oxygen atoms in total. The smallest absolute Gasteiger partial charge is 0.233 e. The van der Waals surface area contributed by atoms with Crippen LogP contribution in [0.4, 0.5) is 11.6 Å². The number of hydrogen-bond acceptors (Lipinski definition) is 8. The summed E-state index contributed by atoms with van der Waals surface area (Å²) < 4.78 is 6.53. The number of methoxy groups -OCH3 is 1. The van der Waals surface area contributed by atoms with E-state index < -0.39 is 0 Å². The summed E-state index contributed by atoms with van der Waals surface area (Å²) in [5, 5.41) is 30.4. The molecule has 0 radical (unpaired) electrons. The number of nitrogens with zero attached hydrogens (tertiary/aromatic N) is 6. The molecule has 1 aromatic carbocycles. The number of ether oxygens (including phenoxy) is 1. The molecule has 0 saturated heterocycles. The van der Waals surface area contributed by atoms with Crippen LogP contribution in [0.25, 0.3) is 16.8 Å². The predicted octanol–water partition coefficient (Wildman–Crippen LogP) is 2.30. The summed E-state index contributed by atoms with van der Waals surface area (Å²) in [7, 11) is 1.52. The molecule has 3 heterocycles. The van der Waals surface area contributed by atoms with E-state index in [0.717, 1.165) is 0 Å². The molecule has 0 aliphatic heterocycles. The minimum Gasteiger partial charge on any atom is -0.480 e. The molecule has 4 aromatic rings. The van der Waals surface area contributed by atoms with Crippen LogP contribution in [-0.4, -0.2) is 37.0 Å². The zero-order valence-electron chi connectivity index (χ0n) is 14.9. The van der Waals surface area contributed by atoms with Crippen LogP contribution in [0.1, 0.15) is 11.3 Å². The summed E-state index contributed by atoms with van der Waals surface area (Å²) in [6, 6.07) is 14.4. The van der Waals surface area contributed by atoms with E-state index in [9.17, 15) is 5.11 Å². The largest absolute Gasteiger partial charge is 0.480 e. The molecule has 0 unspecified atom stereocenters. The summed E-state index contributed by atoms with van der Waals surface area (Å²) in [5.41, 5.74) is 3.60. The molecule has 3 aromatic heterocycles. The minimum absolute atomic E-state index is 0.266. The first-order valence-corrected chi connectivity index (χ1v) is 8.36. The molecule has 0 saturated carbocycles. The van der Waals surface area contributed by atoms with Crippen LogP contribution < -0.4 is 10.1 Å². The molecule has 0 aliphatic carbocycles. The normalized spacial score (nSPS) is 10.6. The highest BCUT2D eigenvalue weighted by atomic mass is 16.5. The molecule has 0 spiro atoms. The average Bonchev–Trinajstić information content (AvgIpc) is 3.11. The van der Waals surface area contributed by atoms with E-state index in [1.54, 1.807) is 42.6 Å². The molecule has 2 N–H and O–H groups in total. The first-order valence-electron chi connectivity index (χ1n) is 8.36. The lowest BCUT2D eigenvalue weighted by Gasteiger charge is -2.07. The number of nitriles is 1. The van der Waals surface area contributed by atoms with Crippen molar-refractivity contribution in [3.05, 3.63) is 59.9 Å². The van der Waals surface area contributed by atoms with E-state index >= 15 is 0 Å². The van der Waals surface area contributed by atoms with Crippen molar-refractivity contribution in [3.8, 4) is 23.2 Å². The second-order valence-electron chi connectivity index (χ2n) is 5.81. The third-order valence-corrected chi connectivity index (χ3v) is 4.07. The maximum absolute atomic E-state index is 9.74. The van der Waals surface area contributed by atoms with Crippen molar-refractivity contribution >= 4 is 17.2 Å². The Balaban J connectivity index is 1.76. The number of aliphatic hydroxyl groups is 1. The molecular formula is C19H15N7O2. The molecule has 0 fully saturated rings. The highest BCUT2D eigenvalue weighted by Gasteiger charge is 2.17. The molecule has 0 bridgehead atoms. The summed E-state index contributed by atoms with van der Waals surface area (Å²) >= 11 is 0. The van der Waals surface area contributed by atoms with Gasteiger partial charge in [-0.25, -0.2) is 9.97 Å². The van der Waals surface area contributed by atoms with Crippen LogP contribution in [-0.2, 0) is 6.61 Å². The summed E-state index contributed by atoms with van der Waals surface area (Å²) in [6.07, 6.45) is 1.61. The number of rotatable bonds is 5. The lowest BCUT2D eigenvalue weighted by atomic mass is 10.1. The Morgan fingerprint density at radius 1 is 1.21 bits per heavy atom. The standard InChI is InChI=1S/C19H15N7O2/c1-28-17-6-5-16-18(15(11-27)24-26(16)25-17)14-7-8-21-19(23-14)22-13-4-2-3-12(9-13)10-20/h2-9,27H,11H2,1H3,(H,21,22,23). The first kappa shape index (κ1) is 17.4. The van der Waals surface area contributed by atoms with Gasteiger partial charge in [-0.1, -0.05) is 6.07 Å². The molecular weight excluding hydrogens is 358 g/mol. The van der Waals surface area contributed by atoms with Gasteiger partial charge in [-0.05, 0) is 30.3 Å². The van der Waals surface area contributed by atoms with Crippen LogP contribution in [0.5, 0.6) is 5.88 Å². The SMILES string of the molecule is COc1ccc2c(-c3ccnc(Nc4cccc(C#N)c4)n3)c(CO)nn2n1. The van der Waals surface area contributed by atoms with E-state index in [1.807, 2.05) is 6.07 Å². The van der Waals surface area contributed by atoms with Gasteiger partial charge in [0.15, 0.2) is 0 Å². The monoisotopic (exact) mass is 373 g/mol. The zero-order chi connectivity index (χ0) is 19.5.